The zero-order valence-corrected chi connectivity index (χ0v) is 12.7. The van der Waals surface area contributed by atoms with Crippen LogP contribution in [0.2, 0.25) is 0 Å². The van der Waals surface area contributed by atoms with Crippen LogP contribution in [0.5, 0.6) is 5.75 Å². The molecule has 1 aromatic heterocycles. The van der Waals surface area contributed by atoms with Gasteiger partial charge in [0, 0.05) is 6.42 Å². The van der Waals surface area contributed by atoms with E-state index in [2.05, 4.69) is 29.0 Å². The summed E-state index contributed by atoms with van der Waals surface area (Å²) >= 11 is 0. The van der Waals surface area contributed by atoms with E-state index in [0.717, 1.165) is 28.8 Å². The van der Waals surface area contributed by atoms with E-state index in [1.807, 2.05) is 42.5 Å². The van der Waals surface area contributed by atoms with Crippen LogP contribution in [0.4, 0.5) is 0 Å². The minimum atomic E-state index is 0.218. The normalized spacial score (nSPS) is 16.9. The average Bonchev–Trinajstić information content (AvgIpc) is 3.14. The molecule has 4 heteroatoms. The van der Waals surface area contributed by atoms with Gasteiger partial charge in [-0.1, -0.05) is 18.2 Å². The number of benzene rings is 2. The van der Waals surface area contributed by atoms with E-state index in [1.54, 1.807) is 0 Å². The van der Waals surface area contributed by atoms with Gasteiger partial charge in [-0.25, -0.2) is 4.98 Å². The largest absolute Gasteiger partial charge is 0.490 e. The number of aromatic amines is 1. The number of allylic oxidation sites excluding steroid dienone is 1. The zero-order chi connectivity index (χ0) is 15.8. The monoisotopic (exact) mass is 301 g/mol. The Hall–Kier alpha value is -3.06. The topological polar surface area (TPSA) is 61.7 Å². The van der Waals surface area contributed by atoms with Crippen LogP contribution in [0, 0.1) is 11.3 Å². The summed E-state index contributed by atoms with van der Waals surface area (Å²) in [5, 5.41) is 9.50. The number of nitrogens with one attached hydrogen (secondary N) is 1. The maximum Gasteiger partial charge on any atom is 0.149 e. The van der Waals surface area contributed by atoms with Crippen molar-refractivity contribution in [1.29, 1.82) is 5.26 Å². The van der Waals surface area contributed by atoms with E-state index in [9.17, 15) is 5.26 Å². The number of H-pyrrole nitrogens is 1. The number of aromatic nitrogens is 2. The summed E-state index contributed by atoms with van der Waals surface area (Å²) in [4.78, 5) is 7.69. The molecule has 0 fully saturated rings. The molecule has 2 aromatic carbocycles. The first-order valence-corrected chi connectivity index (χ1v) is 7.59. The number of rotatable bonds is 2. The fraction of sp³-hybridized carbons (Fsp3) is 0.158. The van der Waals surface area contributed by atoms with Gasteiger partial charge in [-0.05, 0) is 48.4 Å². The van der Waals surface area contributed by atoms with Gasteiger partial charge in [0.2, 0.25) is 0 Å². The van der Waals surface area contributed by atoms with Crippen molar-refractivity contribution in [3.63, 3.8) is 0 Å². The molecule has 1 aliphatic rings. The molecule has 1 N–H and O–H groups in total. The Morgan fingerprint density at radius 1 is 1.35 bits per heavy atom. The van der Waals surface area contributed by atoms with Gasteiger partial charge in [-0.15, -0.1) is 0 Å². The molecule has 4 rings (SSSR count). The highest BCUT2D eigenvalue weighted by atomic mass is 16.5. The number of hydrogen-bond acceptors (Lipinski definition) is 3. The third-order valence-electron chi connectivity index (χ3n) is 4.00. The van der Waals surface area contributed by atoms with E-state index in [-0.39, 0.29) is 6.10 Å². The lowest BCUT2D eigenvalue weighted by Crippen LogP contribution is -2.05. The van der Waals surface area contributed by atoms with Crippen molar-refractivity contribution in [3.05, 3.63) is 59.4 Å². The summed E-state index contributed by atoms with van der Waals surface area (Å²) in [6.45, 7) is 2.06. The Morgan fingerprint density at radius 2 is 2.22 bits per heavy atom. The Morgan fingerprint density at radius 3 is 3.04 bits per heavy atom. The maximum absolute atomic E-state index is 9.50. The SMILES string of the molecule is CC1Cc2cc(/C=C(\C#N)c3nc4ccccc4[nH]3)ccc2O1. The summed E-state index contributed by atoms with van der Waals surface area (Å²) in [7, 11) is 0. The second-order valence-corrected chi connectivity index (χ2v) is 5.77. The van der Waals surface area contributed by atoms with Crippen LogP contribution in [-0.2, 0) is 6.42 Å². The van der Waals surface area contributed by atoms with E-state index in [0.29, 0.717) is 11.4 Å². The van der Waals surface area contributed by atoms with Gasteiger partial charge in [0.15, 0.2) is 0 Å². The summed E-state index contributed by atoms with van der Waals surface area (Å²) in [6.07, 6.45) is 2.99. The Kier molecular flexibility index (Phi) is 3.13. The number of imidazole rings is 1. The Balaban J connectivity index is 1.74. The van der Waals surface area contributed by atoms with E-state index in [1.165, 1.54) is 5.56 Å². The predicted molar refractivity (Wildman–Crippen MR) is 89.8 cm³/mol. The highest BCUT2D eigenvalue weighted by molar-refractivity contribution is 5.90. The number of nitrogens with zero attached hydrogens (tertiary/aromatic N) is 2. The van der Waals surface area contributed by atoms with Crippen LogP contribution in [0.25, 0.3) is 22.7 Å². The fourth-order valence-electron chi connectivity index (χ4n) is 2.93. The van der Waals surface area contributed by atoms with Crippen molar-refractivity contribution in [2.75, 3.05) is 0 Å². The molecule has 0 bridgehead atoms. The number of para-hydroxylation sites is 2. The minimum absolute atomic E-state index is 0.218. The summed E-state index contributed by atoms with van der Waals surface area (Å²) in [5.41, 5.74) is 4.49. The molecule has 3 aromatic rings. The van der Waals surface area contributed by atoms with Crippen molar-refractivity contribution >= 4 is 22.7 Å². The van der Waals surface area contributed by atoms with Gasteiger partial charge in [0.05, 0.1) is 16.6 Å². The van der Waals surface area contributed by atoms with Crippen molar-refractivity contribution in [2.24, 2.45) is 0 Å². The average molecular weight is 301 g/mol. The highest BCUT2D eigenvalue weighted by Crippen LogP contribution is 2.30. The summed E-state index contributed by atoms with van der Waals surface area (Å²) in [5.74, 6) is 1.54. The van der Waals surface area contributed by atoms with Crippen molar-refractivity contribution < 1.29 is 4.74 Å². The first kappa shape index (κ1) is 13.6. The Labute approximate surface area is 134 Å². The molecule has 1 aliphatic heterocycles. The molecule has 0 radical (unpaired) electrons. The van der Waals surface area contributed by atoms with Crippen LogP contribution in [-0.4, -0.2) is 16.1 Å². The molecule has 23 heavy (non-hydrogen) atoms. The van der Waals surface area contributed by atoms with E-state index in [4.69, 9.17) is 4.74 Å². The molecule has 2 heterocycles. The molecular weight excluding hydrogens is 286 g/mol. The second kappa shape index (κ2) is 5.29. The standard InChI is InChI=1S/C19H15N3O/c1-12-8-14-9-13(6-7-18(14)23-12)10-15(11-20)19-21-16-4-2-3-5-17(16)22-19/h2-7,9-10,12H,8H2,1H3,(H,21,22)/b15-10+. The van der Waals surface area contributed by atoms with Crippen molar-refractivity contribution in [2.45, 2.75) is 19.4 Å². The first-order chi connectivity index (χ1) is 11.2. The molecular formula is C19H15N3O. The van der Waals surface area contributed by atoms with Crippen LogP contribution in [0.3, 0.4) is 0 Å². The molecule has 0 saturated carbocycles. The van der Waals surface area contributed by atoms with Gasteiger partial charge in [-0.2, -0.15) is 5.26 Å². The predicted octanol–water partition coefficient (Wildman–Crippen LogP) is 3.95. The van der Waals surface area contributed by atoms with Gasteiger partial charge in [0.1, 0.15) is 23.7 Å². The van der Waals surface area contributed by atoms with E-state index >= 15 is 0 Å². The van der Waals surface area contributed by atoms with Crippen LogP contribution < -0.4 is 4.74 Å². The van der Waals surface area contributed by atoms with Gasteiger partial charge >= 0.3 is 0 Å². The molecule has 4 nitrogen and oxygen atoms in total. The molecule has 0 spiro atoms. The van der Waals surface area contributed by atoms with Gasteiger partial charge in [-0.3, -0.25) is 0 Å². The lowest BCUT2D eigenvalue weighted by atomic mass is 10.0. The summed E-state index contributed by atoms with van der Waals surface area (Å²) in [6, 6.07) is 16.0. The summed E-state index contributed by atoms with van der Waals surface area (Å²) < 4.78 is 5.71. The molecule has 112 valence electrons. The van der Waals surface area contributed by atoms with Gasteiger partial charge < -0.3 is 9.72 Å². The lowest BCUT2D eigenvalue weighted by Gasteiger charge is -2.02. The van der Waals surface area contributed by atoms with Crippen LogP contribution >= 0.6 is 0 Å². The highest BCUT2D eigenvalue weighted by Gasteiger charge is 2.18. The third kappa shape index (κ3) is 2.47. The number of hydrogen-bond donors (Lipinski definition) is 1. The smallest absolute Gasteiger partial charge is 0.149 e. The van der Waals surface area contributed by atoms with Crippen LogP contribution in [0.1, 0.15) is 23.9 Å². The molecule has 1 unspecified atom stereocenters. The second-order valence-electron chi connectivity index (χ2n) is 5.77. The zero-order valence-electron chi connectivity index (χ0n) is 12.7. The number of nitriles is 1. The lowest BCUT2D eigenvalue weighted by molar-refractivity contribution is 0.254. The van der Waals surface area contributed by atoms with E-state index < -0.39 is 0 Å². The maximum atomic E-state index is 9.50. The van der Waals surface area contributed by atoms with Gasteiger partial charge in [0.25, 0.3) is 0 Å². The van der Waals surface area contributed by atoms with Crippen molar-refractivity contribution in [3.8, 4) is 11.8 Å². The Bertz CT molecular complexity index is 929. The fourth-order valence-corrected chi connectivity index (χ4v) is 2.93. The molecule has 1 atom stereocenters. The molecule has 0 amide bonds. The minimum Gasteiger partial charge on any atom is -0.490 e. The molecule has 0 aliphatic carbocycles. The number of fused-ring (bicyclic) bond motifs is 2. The van der Waals surface area contributed by atoms with Crippen LogP contribution in [0.15, 0.2) is 42.5 Å². The number of ether oxygens (including phenoxy) is 1. The quantitative estimate of drug-likeness (QED) is 0.729. The first-order valence-electron chi connectivity index (χ1n) is 7.59. The molecule has 0 saturated heterocycles. The third-order valence-corrected chi connectivity index (χ3v) is 4.00. The van der Waals surface area contributed by atoms with Crippen molar-refractivity contribution in [1.82, 2.24) is 9.97 Å².